The van der Waals surface area contributed by atoms with Gasteiger partial charge in [0, 0.05) is 29.8 Å². The summed E-state index contributed by atoms with van der Waals surface area (Å²) in [6.07, 6.45) is 1.64. The van der Waals surface area contributed by atoms with E-state index in [0.717, 1.165) is 16.6 Å². The number of rotatable bonds is 5. The predicted molar refractivity (Wildman–Crippen MR) is 99.6 cm³/mol. The summed E-state index contributed by atoms with van der Waals surface area (Å²) < 4.78 is 29.0. The van der Waals surface area contributed by atoms with E-state index < -0.39 is 17.5 Å². The molecule has 0 aliphatic carbocycles. The van der Waals surface area contributed by atoms with Crippen molar-refractivity contribution in [3.8, 4) is 0 Å². The lowest BCUT2D eigenvalue weighted by atomic mass is 10.1. The molecule has 0 aliphatic rings. The van der Waals surface area contributed by atoms with Crippen LogP contribution in [0.25, 0.3) is 0 Å². The van der Waals surface area contributed by atoms with Crippen LogP contribution < -0.4 is 16.0 Å². The van der Waals surface area contributed by atoms with Crippen molar-refractivity contribution in [1.29, 1.82) is 0 Å². The van der Waals surface area contributed by atoms with Gasteiger partial charge in [-0.15, -0.1) is 0 Å². The fourth-order valence-electron chi connectivity index (χ4n) is 2.05. The molecule has 3 N–H and O–H groups in total. The average Bonchev–Trinajstić information content (AvgIpc) is 2.59. The second-order valence-electron chi connectivity index (χ2n) is 4.96. The summed E-state index contributed by atoms with van der Waals surface area (Å²) in [5.74, 6) is -1.64. The number of hydrogen-bond donors (Lipinski definition) is 3. The Balaban J connectivity index is 1.96. The molecule has 0 spiro atoms. The van der Waals surface area contributed by atoms with Crippen LogP contribution in [0, 0.1) is 11.6 Å². The van der Waals surface area contributed by atoms with Gasteiger partial charge in [-0.25, -0.2) is 13.8 Å². The van der Waals surface area contributed by atoms with Gasteiger partial charge in [-0.3, -0.25) is 4.79 Å². The highest BCUT2D eigenvalue weighted by Crippen LogP contribution is 2.17. The maximum Gasteiger partial charge on any atom is 0.254 e. The van der Waals surface area contributed by atoms with E-state index in [4.69, 9.17) is 12.2 Å². The maximum absolute atomic E-state index is 14.3. The van der Waals surface area contributed by atoms with Gasteiger partial charge < -0.3 is 16.0 Å². The smallest absolute Gasteiger partial charge is 0.254 e. The Bertz CT molecular complexity index is 786. The molecule has 132 valence electrons. The molecule has 1 heterocycles. The number of hydrogen-bond acceptors (Lipinski definition) is 3. The Morgan fingerprint density at radius 2 is 2.04 bits per heavy atom. The molecule has 1 aromatic heterocycles. The molecule has 25 heavy (non-hydrogen) atoms. The number of carbonyl (C=O) groups excluding carboxylic acids is 1. The van der Waals surface area contributed by atoms with Crippen molar-refractivity contribution >= 4 is 45.0 Å². The zero-order valence-electron chi connectivity index (χ0n) is 13.2. The van der Waals surface area contributed by atoms with Crippen molar-refractivity contribution in [3.63, 3.8) is 0 Å². The molecule has 0 saturated heterocycles. The van der Waals surface area contributed by atoms with Crippen LogP contribution in [0.3, 0.4) is 0 Å². The first-order valence-electron chi connectivity index (χ1n) is 7.27. The number of amides is 1. The molecule has 5 nitrogen and oxygen atoms in total. The summed E-state index contributed by atoms with van der Waals surface area (Å²) in [6.45, 7) is 0.188. The van der Waals surface area contributed by atoms with Gasteiger partial charge in [0.1, 0.15) is 17.5 Å². The third-order valence-electron chi connectivity index (χ3n) is 3.29. The van der Waals surface area contributed by atoms with Gasteiger partial charge in [-0.05, 0) is 58.8 Å². The first-order valence-corrected chi connectivity index (χ1v) is 8.48. The Kier molecular flexibility index (Phi) is 6.77. The van der Waals surface area contributed by atoms with E-state index >= 15 is 0 Å². The second kappa shape index (κ2) is 8.82. The number of carbonyl (C=O) groups is 1. The van der Waals surface area contributed by atoms with Gasteiger partial charge in [-0.2, -0.15) is 0 Å². The molecule has 0 fully saturated rings. The molecule has 0 saturated carbocycles. The summed E-state index contributed by atoms with van der Waals surface area (Å²) in [6, 6.07) is 5.72. The van der Waals surface area contributed by atoms with E-state index in [2.05, 4.69) is 36.9 Å². The molecule has 0 radical (unpaired) electrons. The van der Waals surface area contributed by atoms with E-state index in [1.165, 1.54) is 7.05 Å². The van der Waals surface area contributed by atoms with Crippen LogP contribution in [-0.4, -0.2) is 29.6 Å². The number of anilines is 1. The molecular formula is C16H15BrF2N4OS. The Hall–Kier alpha value is -2.13. The highest BCUT2D eigenvalue weighted by atomic mass is 79.9. The van der Waals surface area contributed by atoms with Gasteiger partial charge in [0.2, 0.25) is 0 Å². The quantitative estimate of drug-likeness (QED) is 0.638. The largest absolute Gasteiger partial charge is 0.362 e. The van der Waals surface area contributed by atoms with Crippen LogP contribution >= 0.6 is 28.1 Å². The number of nitrogens with one attached hydrogen (secondary N) is 3. The van der Waals surface area contributed by atoms with Crippen molar-refractivity contribution in [2.24, 2.45) is 0 Å². The van der Waals surface area contributed by atoms with Gasteiger partial charge >= 0.3 is 0 Å². The molecule has 1 amide bonds. The molecule has 2 aromatic rings. The monoisotopic (exact) mass is 428 g/mol. The van der Waals surface area contributed by atoms with E-state index in [1.807, 2.05) is 0 Å². The number of aromatic nitrogens is 1. The van der Waals surface area contributed by atoms with Crippen molar-refractivity contribution in [2.45, 2.75) is 6.42 Å². The van der Waals surface area contributed by atoms with Crippen molar-refractivity contribution < 1.29 is 13.6 Å². The van der Waals surface area contributed by atoms with Gasteiger partial charge in [0.25, 0.3) is 5.91 Å². The van der Waals surface area contributed by atoms with Crippen molar-refractivity contribution in [1.82, 2.24) is 15.6 Å². The van der Waals surface area contributed by atoms with Crippen LogP contribution in [0.4, 0.5) is 14.6 Å². The molecule has 0 atom stereocenters. The Morgan fingerprint density at radius 1 is 1.28 bits per heavy atom. The SMILES string of the molecule is CNC(=O)c1ccc(F)c(CCNC(=S)Nc2ccc(Br)cn2)c1F. The molecule has 1 aromatic carbocycles. The van der Waals surface area contributed by atoms with Crippen LogP contribution in [0.1, 0.15) is 15.9 Å². The second-order valence-corrected chi connectivity index (χ2v) is 6.28. The summed E-state index contributed by atoms with van der Waals surface area (Å²) in [5, 5.41) is 8.30. The Labute approximate surface area is 157 Å². The summed E-state index contributed by atoms with van der Waals surface area (Å²) >= 11 is 8.39. The molecule has 2 rings (SSSR count). The first kappa shape index (κ1) is 19.2. The van der Waals surface area contributed by atoms with E-state index in [-0.39, 0.29) is 29.2 Å². The van der Waals surface area contributed by atoms with Gasteiger partial charge in [-0.1, -0.05) is 0 Å². The first-order chi connectivity index (χ1) is 11.9. The molecule has 0 aliphatic heterocycles. The predicted octanol–water partition coefficient (Wildman–Crippen LogP) is 3.01. The lowest BCUT2D eigenvalue weighted by molar-refractivity contribution is 0.0958. The van der Waals surface area contributed by atoms with E-state index in [1.54, 1.807) is 18.3 Å². The lowest BCUT2D eigenvalue weighted by Crippen LogP contribution is -2.31. The third kappa shape index (κ3) is 5.17. The van der Waals surface area contributed by atoms with Crippen LogP contribution in [0.2, 0.25) is 0 Å². The van der Waals surface area contributed by atoms with Crippen molar-refractivity contribution in [2.75, 3.05) is 18.9 Å². The number of pyridine rings is 1. The minimum Gasteiger partial charge on any atom is -0.362 e. The van der Waals surface area contributed by atoms with E-state index in [0.29, 0.717) is 5.82 Å². The maximum atomic E-state index is 14.3. The standard InChI is InChI=1S/C16H15BrF2N4OS/c1-20-15(24)11-3-4-12(18)10(14(11)19)6-7-21-16(25)23-13-5-2-9(17)8-22-13/h2-5,8H,6-7H2,1H3,(H,20,24)(H2,21,22,23,25). The number of thiocarbonyl (C=S) groups is 1. The number of nitrogens with zero attached hydrogens (tertiary/aromatic N) is 1. The topological polar surface area (TPSA) is 66.1 Å². The molecular weight excluding hydrogens is 414 g/mol. The van der Waals surface area contributed by atoms with Crippen molar-refractivity contribution in [3.05, 3.63) is 57.7 Å². The molecule has 0 bridgehead atoms. The van der Waals surface area contributed by atoms with E-state index in [9.17, 15) is 13.6 Å². The minimum atomic E-state index is -0.866. The third-order valence-corrected chi connectivity index (χ3v) is 4.00. The number of halogens is 3. The van der Waals surface area contributed by atoms with Crippen LogP contribution in [0.5, 0.6) is 0 Å². The van der Waals surface area contributed by atoms with Gasteiger partial charge in [0.15, 0.2) is 5.11 Å². The van der Waals surface area contributed by atoms with Crippen LogP contribution in [0.15, 0.2) is 34.9 Å². The number of benzene rings is 1. The Morgan fingerprint density at radius 3 is 2.68 bits per heavy atom. The van der Waals surface area contributed by atoms with Crippen LogP contribution in [-0.2, 0) is 6.42 Å². The minimum absolute atomic E-state index is 0.0259. The summed E-state index contributed by atoms with van der Waals surface area (Å²) in [7, 11) is 1.38. The average molecular weight is 429 g/mol. The summed E-state index contributed by atoms with van der Waals surface area (Å²) in [4.78, 5) is 15.7. The molecule has 0 unspecified atom stereocenters. The zero-order valence-corrected chi connectivity index (χ0v) is 15.6. The summed E-state index contributed by atoms with van der Waals surface area (Å²) in [5.41, 5.74) is -0.364. The highest BCUT2D eigenvalue weighted by Gasteiger charge is 2.17. The van der Waals surface area contributed by atoms with Gasteiger partial charge in [0.05, 0.1) is 5.56 Å². The fraction of sp³-hybridized carbons (Fsp3) is 0.188. The fourth-order valence-corrected chi connectivity index (χ4v) is 2.49. The zero-order chi connectivity index (χ0) is 18.4. The molecule has 9 heteroatoms. The lowest BCUT2D eigenvalue weighted by Gasteiger charge is -2.12. The highest BCUT2D eigenvalue weighted by molar-refractivity contribution is 9.10. The normalized spacial score (nSPS) is 10.2.